The zero-order valence-corrected chi connectivity index (χ0v) is 21.4. The number of benzene rings is 3. The fourth-order valence-corrected chi connectivity index (χ4v) is 4.30. The van der Waals surface area contributed by atoms with Crippen LogP contribution in [0, 0.1) is 0 Å². The van der Waals surface area contributed by atoms with Gasteiger partial charge in [0.2, 0.25) is 10.0 Å². The summed E-state index contributed by atoms with van der Waals surface area (Å²) in [6, 6.07) is 24.6. The third kappa shape index (κ3) is 8.22. The Morgan fingerprint density at radius 2 is 1.65 bits per heavy atom. The van der Waals surface area contributed by atoms with Crippen molar-refractivity contribution in [2.45, 2.75) is 25.9 Å². The number of sulfonamides is 1. The monoisotopic (exact) mass is 518 g/mol. The van der Waals surface area contributed by atoms with Crippen LogP contribution in [0.25, 0.3) is 11.3 Å². The predicted molar refractivity (Wildman–Crippen MR) is 145 cm³/mol. The fourth-order valence-electron chi connectivity index (χ4n) is 3.74. The number of carbonyl (C=O) groups is 1. The molecular formula is C28H30N4O4S. The number of aromatic nitrogens is 2. The van der Waals surface area contributed by atoms with Gasteiger partial charge >= 0.3 is 6.03 Å². The van der Waals surface area contributed by atoms with E-state index in [1.54, 1.807) is 18.3 Å². The summed E-state index contributed by atoms with van der Waals surface area (Å²) < 4.78 is 32.3. The number of nitrogens with one attached hydrogen (secondary N) is 2. The van der Waals surface area contributed by atoms with E-state index >= 15 is 0 Å². The maximum Gasteiger partial charge on any atom is 0.326 e. The zero-order chi connectivity index (χ0) is 26.1. The quantitative estimate of drug-likeness (QED) is 0.270. The highest BCUT2D eigenvalue weighted by Crippen LogP contribution is 2.22. The van der Waals surface area contributed by atoms with Crippen molar-refractivity contribution in [3.05, 3.63) is 103 Å². The number of aryl methyl sites for hydroxylation is 1. The lowest BCUT2D eigenvalue weighted by Crippen LogP contribution is -2.28. The molecule has 0 bridgehead atoms. The van der Waals surface area contributed by atoms with Gasteiger partial charge in [-0.2, -0.15) is 0 Å². The van der Waals surface area contributed by atoms with Crippen molar-refractivity contribution < 1.29 is 17.9 Å². The minimum Gasteiger partial charge on any atom is -0.489 e. The molecule has 9 heteroatoms. The van der Waals surface area contributed by atoms with E-state index in [1.807, 2.05) is 54.6 Å². The molecule has 0 unspecified atom stereocenters. The molecule has 1 aromatic heterocycles. The SMILES string of the molecule is CS(=O)(=O)Nc1ccc(COc2ccc(-c3cn(C(=O)NCCCCc4ccccc4)cn3)cc2)cc1. The summed E-state index contributed by atoms with van der Waals surface area (Å²) in [4.78, 5) is 16.8. The first-order valence-corrected chi connectivity index (χ1v) is 13.9. The minimum absolute atomic E-state index is 0.198. The molecule has 0 fully saturated rings. The van der Waals surface area contributed by atoms with Gasteiger partial charge in [0, 0.05) is 24.0 Å². The van der Waals surface area contributed by atoms with Gasteiger partial charge in [-0.1, -0.05) is 42.5 Å². The second-order valence-electron chi connectivity index (χ2n) is 8.73. The molecule has 37 heavy (non-hydrogen) atoms. The summed E-state index contributed by atoms with van der Waals surface area (Å²) in [6.07, 6.45) is 7.26. The number of amides is 1. The second-order valence-corrected chi connectivity index (χ2v) is 10.5. The first-order valence-electron chi connectivity index (χ1n) is 12.0. The second kappa shape index (κ2) is 12.2. The molecule has 0 atom stereocenters. The van der Waals surface area contributed by atoms with Crippen molar-refractivity contribution in [3.63, 3.8) is 0 Å². The predicted octanol–water partition coefficient (Wildman–Crippen LogP) is 5.08. The molecule has 0 radical (unpaired) electrons. The Morgan fingerprint density at radius 1 is 0.919 bits per heavy atom. The maximum absolute atomic E-state index is 12.4. The third-order valence-electron chi connectivity index (χ3n) is 5.64. The van der Waals surface area contributed by atoms with Crippen LogP contribution in [0.4, 0.5) is 10.5 Å². The smallest absolute Gasteiger partial charge is 0.326 e. The Morgan fingerprint density at radius 3 is 2.35 bits per heavy atom. The van der Waals surface area contributed by atoms with E-state index in [0.29, 0.717) is 30.3 Å². The van der Waals surface area contributed by atoms with Gasteiger partial charge in [0.15, 0.2) is 0 Å². The molecule has 192 valence electrons. The lowest BCUT2D eigenvalue weighted by Gasteiger charge is -2.08. The van der Waals surface area contributed by atoms with Crippen LogP contribution < -0.4 is 14.8 Å². The Labute approximate surface area is 217 Å². The van der Waals surface area contributed by atoms with Crippen LogP contribution in [0.2, 0.25) is 0 Å². The van der Waals surface area contributed by atoms with E-state index < -0.39 is 10.0 Å². The van der Waals surface area contributed by atoms with Gasteiger partial charge in [-0.25, -0.2) is 18.2 Å². The number of hydrogen-bond acceptors (Lipinski definition) is 5. The number of hydrogen-bond donors (Lipinski definition) is 2. The van der Waals surface area contributed by atoms with Crippen molar-refractivity contribution in [1.29, 1.82) is 0 Å². The van der Waals surface area contributed by atoms with Crippen molar-refractivity contribution in [2.75, 3.05) is 17.5 Å². The largest absolute Gasteiger partial charge is 0.489 e. The summed E-state index contributed by atoms with van der Waals surface area (Å²) in [6.45, 7) is 0.959. The van der Waals surface area contributed by atoms with Gasteiger partial charge in [-0.05, 0) is 66.8 Å². The molecule has 0 aliphatic heterocycles. The summed E-state index contributed by atoms with van der Waals surface area (Å²) in [7, 11) is -3.30. The van der Waals surface area contributed by atoms with E-state index in [1.165, 1.54) is 16.5 Å². The van der Waals surface area contributed by atoms with E-state index in [2.05, 4.69) is 27.2 Å². The molecular weight excluding hydrogens is 488 g/mol. The number of carbonyl (C=O) groups excluding carboxylic acids is 1. The fraction of sp³-hybridized carbons (Fsp3) is 0.214. The molecule has 3 aromatic carbocycles. The molecule has 0 saturated heterocycles. The lowest BCUT2D eigenvalue weighted by atomic mass is 10.1. The molecule has 0 aliphatic carbocycles. The number of ether oxygens (including phenoxy) is 1. The summed E-state index contributed by atoms with van der Waals surface area (Å²) in [5.41, 5.74) is 4.29. The molecule has 0 saturated carbocycles. The molecule has 0 aliphatic rings. The van der Waals surface area contributed by atoms with Gasteiger partial charge in [-0.15, -0.1) is 0 Å². The topological polar surface area (TPSA) is 102 Å². The average Bonchev–Trinajstić information content (AvgIpc) is 3.39. The van der Waals surface area contributed by atoms with Gasteiger partial charge in [0.1, 0.15) is 18.7 Å². The van der Waals surface area contributed by atoms with E-state index in [0.717, 1.165) is 36.6 Å². The third-order valence-corrected chi connectivity index (χ3v) is 6.25. The summed E-state index contributed by atoms with van der Waals surface area (Å²) in [5, 5.41) is 2.94. The highest BCUT2D eigenvalue weighted by molar-refractivity contribution is 7.92. The molecule has 4 aromatic rings. The number of imidazole rings is 1. The van der Waals surface area contributed by atoms with Crippen molar-refractivity contribution in [1.82, 2.24) is 14.9 Å². The number of anilines is 1. The summed E-state index contributed by atoms with van der Waals surface area (Å²) in [5.74, 6) is 0.690. The van der Waals surface area contributed by atoms with Crippen LogP contribution >= 0.6 is 0 Å². The number of unbranched alkanes of at least 4 members (excludes halogenated alkanes) is 1. The highest BCUT2D eigenvalue weighted by atomic mass is 32.2. The van der Waals surface area contributed by atoms with E-state index in [-0.39, 0.29) is 6.03 Å². The molecule has 1 amide bonds. The number of nitrogens with zero attached hydrogens (tertiary/aromatic N) is 2. The average molecular weight is 519 g/mol. The first-order chi connectivity index (χ1) is 17.9. The standard InChI is InChI=1S/C28H30N4O4S/c1-37(34,35)31-25-14-10-23(11-15-25)20-36-26-16-12-24(13-17-26)27-19-32(21-30-27)28(33)29-18-6-5-9-22-7-3-2-4-8-22/h2-4,7-8,10-17,19,21,31H,5-6,9,18,20H2,1H3,(H,29,33). The van der Waals surface area contributed by atoms with Gasteiger partial charge < -0.3 is 10.1 Å². The minimum atomic E-state index is -3.30. The van der Waals surface area contributed by atoms with Crippen molar-refractivity contribution >= 4 is 21.7 Å². The Kier molecular flexibility index (Phi) is 8.58. The van der Waals surface area contributed by atoms with Crippen molar-refractivity contribution in [3.8, 4) is 17.0 Å². The van der Waals surface area contributed by atoms with Crippen LogP contribution in [0.1, 0.15) is 24.0 Å². The van der Waals surface area contributed by atoms with Crippen LogP contribution in [-0.4, -0.2) is 36.8 Å². The van der Waals surface area contributed by atoms with Gasteiger partial charge in [0.05, 0.1) is 11.9 Å². The Hall–Kier alpha value is -4.11. The lowest BCUT2D eigenvalue weighted by molar-refractivity contribution is 0.242. The Balaban J connectivity index is 1.22. The van der Waals surface area contributed by atoms with Crippen LogP contribution in [0.3, 0.4) is 0 Å². The Bertz CT molecular complexity index is 1400. The van der Waals surface area contributed by atoms with E-state index in [9.17, 15) is 13.2 Å². The molecule has 8 nitrogen and oxygen atoms in total. The molecule has 2 N–H and O–H groups in total. The van der Waals surface area contributed by atoms with Crippen LogP contribution in [-0.2, 0) is 23.1 Å². The van der Waals surface area contributed by atoms with Gasteiger partial charge in [0.25, 0.3) is 0 Å². The molecule has 4 rings (SSSR count). The zero-order valence-electron chi connectivity index (χ0n) is 20.6. The van der Waals surface area contributed by atoms with E-state index in [4.69, 9.17) is 4.74 Å². The number of rotatable bonds is 11. The van der Waals surface area contributed by atoms with Crippen LogP contribution in [0.15, 0.2) is 91.4 Å². The van der Waals surface area contributed by atoms with Crippen molar-refractivity contribution in [2.24, 2.45) is 0 Å². The molecule has 0 spiro atoms. The first kappa shape index (κ1) is 26.0. The van der Waals surface area contributed by atoms with Crippen LogP contribution in [0.5, 0.6) is 5.75 Å². The summed E-state index contributed by atoms with van der Waals surface area (Å²) >= 11 is 0. The maximum atomic E-state index is 12.4. The highest BCUT2D eigenvalue weighted by Gasteiger charge is 2.08. The van der Waals surface area contributed by atoms with Gasteiger partial charge in [-0.3, -0.25) is 9.29 Å². The molecule has 1 heterocycles. The normalized spacial score (nSPS) is 11.2.